The van der Waals surface area contributed by atoms with Crippen LogP contribution in [0.25, 0.3) is 0 Å². The van der Waals surface area contributed by atoms with Crippen molar-refractivity contribution in [1.82, 2.24) is 0 Å². The van der Waals surface area contributed by atoms with Crippen molar-refractivity contribution in [2.75, 3.05) is 23.3 Å². The fraction of sp³-hybridized carbons (Fsp3) is 0.294. The third-order valence-corrected chi connectivity index (χ3v) is 3.92. The van der Waals surface area contributed by atoms with Crippen LogP contribution in [0.2, 0.25) is 0 Å². The molecule has 0 atom stereocenters. The molecule has 2 aromatic rings. The highest BCUT2D eigenvalue weighted by Gasteiger charge is 2.11. The van der Waals surface area contributed by atoms with Crippen LogP contribution in [0.4, 0.5) is 11.4 Å². The van der Waals surface area contributed by atoms with Gasteiger partial charge < -0.3 is 20.4 Å². The van der Waals surface area contributed by atoms with E-state index in [-0.39, 0.29) is 11.5 Å². The second-order valence-corrected chi connectivity index (χ2v) is 5.38. The predicted molar refractivity (Wildman–Crippen MR) is 85.0 cm³/mol. The number of anilines is 2. The van der Waals surface area contributed by atoms with Crippen molar-refractivity contribution in [2.45, 2.75) is 19.4 Å². The Morgan fingerprint density at radius 2 is 1.67 bits per heavy atom. The fourth-order valence-electron chi connectivity index (χ4n) is 2.68. The molecule has 1 saturated heterocycles. The average molecular weight is 284 g/mol. The molecule has 0 spiro atoms. The Bertz CT molecular complexity index is 605. The molecular formula is C17H20N2O2. The van der Waals surface area contributed by atoms with Gasteiger partial charge in [-0.3, -0.25) is 0 Å². The molecule has 3 N–H and O–H groups in total. The van der Waals surface area contributed by atoms with Crippen molar-refractivity contribution >= 4 is 11.4 Å². The zero-order chi connectivity index (χ0) is 14.7. The summed E-state index contributed by atoms with van der Waals surface area (Å²) in [4.78, 5) is 2.39. The highest BCUT2D eigenvalue weighted by Crippen LogP contribution is 2.29. The first-order chi connectivity index (χ1) is 10.2. The van der Waals surface area contributed by atoms with Crippen molar-refractivity contribution in [3.8, 4) is 11.5 Å². The molecule has 0 amide bonds. The molecule has 1 heterocycles. The highest BCUT2D eigenvalue weighted by atomic mass is 16.3. The summed E-state index contributed by atoms with van der Waals surface area (Å²) in [5, 5.41) is 22.5. The molecule has 0 radical (unpaired) electrons. The minimum atomic E-state index is -0.0846. The molecule has 0 aromatic heterocycles. The summed E-state index contributed by atoms with van der Waals surface area (Å²) in [6, 6.07) is 13.3. The van der Waals surface area contributed by atoms with Gasteiger partial charge in [0, 0.05) is 36.6 Å². The Kier molecular flexibility index (Phi) is 3.86. The molecule has 4 heteroatoms. The van der Waals surface area contributed by atoms with Crippen LogP contribution >= 0.6 is 0 Å². The maximum absolute atomic E-state index is 9.77. The second kappa shape index (κ2) is 5.95. The van der Waals surface area contributed by atoms with Crippen molar-refractivity contribution in [3.05, 3.63) is 48.0 Å². The van der Waals surface area contributed by atoms with E-state index in [9.17, 15) is 10.2 Å². The summed E-state index contributed by atoms with van der Waals surface area (Å²) in [6.07, 6.45) is 2.55. The molecule has 0 bridgehead atoms. The highest BCUT2D eigenvalue weighted by molar-refractivity contribution is 5.56. The molecule has 1 fully saturated rings. The van der Waals surface area contributed by atoms with Crippen LogP contribution in [0.3, 0.4) is 0 Å². The summed E-state index contributed by atoms with van der Waals surface area (Å²) in [6.45, 7) is 2.76. The number of phenolic OH excluding ortho intramolecular Hbond substituents is 2. The lowest BCUT2D eigenvalue weighted by Gasteiger charge is -2.18. The van der Waals surface area contributed by atoms with Gasteiger partial charge >= 0.3 is 0 Å². The molecule has 3 rings (SSSR count). The van der Waals surface area contributed by atoms with E-state index in [1.165, 1.54) is 24.6 Å². The van der Waals surface area contributed by atoms with Gasteiger partial charge in [-0.05, 0) is 43.2 Å². The summed E-state index contributed by atoms with van der Waals surface area (Å²) >= 11 is 0. The molecule has 110 valence electrons. The minimum Gasteiger partial charge on any atom is -0.504 e. The zero-order valence-electron chi connectivity index (χ0n) is 11.9. The summed E-state index contributed by atoms with van der Waals surface area (Å²) in [5.74, 6) is -0.141. The van der Waals surface area contributed by atoms with E-state index >= 15 is 0 Å². The molecule has 0 unspecified atom stereocenters. The molecule has 0 saturated carbocycles. The molecule has 21 heavy (non-hydrogen) atoms. The first-order valence-electron chi connectivity index (χ1n) is 7.33. The SMILES string of the molecule is Oc1cccc(CNc2ccc(N3CCCC3)cc2)c1O. The van der Waals surface area contributed by atoms with E-state index in [1.54, 1.807) is 12.1 Å². The number of phenols is 2. The van der Waals surface area contributed by atoms with E-state index in [2.05, 4.69) is 22.3 Å². The van der Waals surface area contributed by atoms with Crippen LogP contribution in [0.15, 0.2) is 42.5 Å². The zero-order valence-corrected chi connectivity index (χ0v) is 11.9. The number of rotatable bonds is 4. The maximum Gasteiger partial charge on any atom is 0.162 e. The maximum atomic E-state index is 9.77. The number of nitrogens with zero attached hydrogens (tertiary/aromatic N) is 1. The van der Waals surface area contributed by atoms with Gasteiger partial charge in [-0.2, -0.15) is 0 Å². The third-order valence-electron chi connectivity index (χ3n) is 3.92. The Hall–Kier alpha value is -2.36. The molecular weight excluding hydrogens is 264 g/mol. The Morgan fingerprint density at radius 1 is 0.952 bits per heavy atom. The normalized spacial score (nSPS) is 14.4. The van der Waals surface area contributed by atoms with Gasteiger partial charge in [0.25, 0.3) is 0 Å². The van der Waals surface area contributed by atoms with Gasteiger partial charge in [-0.1, -0.05) is 12.1 Å². The van der Waals surface area contributed by atoms with Crippen LogP contribution in [0.5, 0.6) is 11.5 Å². The summed E-state index contributed by atoms with van der Waals surface area (Å²) in [7, 11) is 0. The van der Waals surface area contributed by atoms with E-state index in [0.29, 0.717) is 12.1 Å². The summed E-state index contributed by atoms with van der Waals surface area (Å²) in [5.41, 5.74) is 2.94. The monoisotopic (exact) mass is 284 g/mol. The van der Waals surface area contributed by atoms with Crippen LogP contribution < -0.4 is 10.2 Å². The number of aromatic hydroxyl groups is 2. The number of hydrogen-bond acceptors (Lipinski definition) is 4. The number of nitrogens with one attached hydrogen (secondary N) is 1. The van der Waals surface area contributed by atoms with Gasteiger partial charge in [0.05, 0.1) is 0 Å². The van der Waals surface area contributed by atoms with Gasteiger partial charge in [0.15, 0.2) is 11.5 Å². The van der Waals surface area contributed by atoms with Crippen molar-refractivity contribution in [1.29, 1.82) is 0 Å². The molecule has 1 aliphatic heterocycles. The van der Waals surface area contributed by atoms with Gasteiger partial charge in [-0.25, -0.2) is 0 Å². The molecule has 1 aliphatic rings. The lowest BCUT2D eigenvalue weighted by molar-refractivity contribution is 0.400. The standard InChI is InChI=1S/C17H20N2O2/c20-16-5-3-4-13(17(16)21)12-18-14-6-8-15(9-7-14)19-10-1-2-11-19/h3-9,18,20-21H,1-2,10-12H2. The summed E-state index contributed by atoms with van der Waals surface area (Å²) < 4.78 is 0. The van der Waals surface area contributed by atoms with Gasteiger partial charge in [0.2, 0.25) is 0 Å². The van der Waals surface area contributed by atoms with E-state index < -0.39 is 0 Å². The molecule has 2 aromatic carbocycles. The largest absolute Gasteiger partial charge is 0.504 e. The Morgan fingerprint density at radius 3 is 2.38 bits per heavy atom. The Balaban J connectivity index is 1.64. The van der Waals surface area contributed by atoms with Crippen LogP contribution in [-0.2, 0) is 6.54 Å². The second-order valence-electron chi connectivity index (χ2n) is 5.38. The number of benzene rings is 2. The van der Waals surface area contributed by atoms with Crippen LogP contribution in [0, 0.1) is 0 Å². The lowest BCUT2D eigenvalue weighted by atomic mass is 10.2. The van der Waals surface area contributed by atoms with Crippen LogP contribution in [0.1, 0.15) is 18.4 Å². The topological polar surface area (TPSA) is 55.7 Å². The average Bonchev–Trinajstić information content (AvgIpc) is 3.04. The first-order valence-corrected chi connectivity index (χ1v) is 7.33. The van der Waals surface area contributed by atoms with Gasteiger partial charge in [0.1, 0.15) is 0 Å². The van der Waals surface area contributed by atoms with E-state index in [0.717, 1.165) is 18.8 Å². The fourth-order valence-corrected chi connectivity index (χ4v) is 2.68. The Labute approximate surface area is 124 Å². The van der Waals surface area contributed by atoms with Gasteiger partial charge in [-0.15, -0.1) is 0 Å². The van der Waals surface area contributed by atoms with Crippen molar-refractivity contribution in [2.24, 2.45) is 0 Å². The third kappa shape index (κ3) is 3.05. The quantitative estimate of drug-likeness (QED) is 0.754. The van der Waals surface area contributed by atoms with E-state index in [1.807, 2.05) is 12.1 Å². The smallest absolute Gasteiger partial charge is 0.162 e. The lowest BCUT2D eigenvalue weighted by Crippen LogP contribution is -2.17. The van der Waals surface area contributed by atoms with E-state index in [4.69, 9.17) is 0 Å². The molecule has 4 nitrogen and oxygen atoms in total. The van der Waals surface area contributed by atoms with Crippen LogP contribution in [-0.4, -0.2) is 23.3 Å². The minimum absolute atomic E-state index is 0.0568. The number of para-hydroxylation sites is 1. The molecule has 0 aliphatic carbocycles. The first kappa shape index (κ1) is 13.6. The van der Waals surface area contributed by atoms with Crippen molar-refractivity contribution < 1.29 is 10.2 Å². The number of hydrogen-bond donors (Lipinski definition) is 3. The van der Waals surface area contributed by atoms with Crippen molar-refractivity contribution in [3.63, 3.8) is 0 Å². The predicted octanol–water partition coefficient (Wildman–Crippen LogP) is 3.31.